The molecule has 436 valence electrons. The van der Waals surface area contributed by atoms with Crippen LogP contribution in [0.4, 0.5) is 22.7 Å². The van der Waals surface area contributed by atoms with Gasteiger partial charge in [-0.3, -0.25) is 0 Å². The van der Waals surface area contributed by atoms with Gasteiger partial charge in [0, 0.05) is 79.1 Å². The van der Waals surface area contributed by atoms with Gasteiger partial charge in [-0.25, -0.2) is 0 Å². The van der Waals surface area contributed by atoms with Crippen LogP contribution in [0, 0.1) is 0 Å². The van der Waals surface area contributed by atoms with Crippen LogP contribution in [0.15, 0.2) is 97.1 Å². The first-order chi connectivity index (χ1) is 48.1. The summed E-state index contributed by atoms with van der Waals surface area (Å²) >= 11 is 0. The highest BCUT2D eigenvalue weighted by atomic mass is 15.1. The number of anilines is 4. The number of rotatable bonds is 8. The summed E-state index contributed by atoms with van der Waals surface area (Å²) in [5.41, 5.74) is 25.3. The van der Waals surface area contributed by atoms with E-state index in [1.807, 2.05) is 0 Å². The smallest absolute Gasteiger partial charge is 0.0528 e. The molecule has 28 aromatic rings. The molecule has 4 heteroatoms. The Labute approximate surface area is 550 Å². The van der Waals surface area contributed by atoms with Gasteiger partial charge < -0.3 is 19.6 Å². The first kappa shape index (κ1) is 42.4. The molecule has 0 heterocycles. The van der Waals surface area contributed by atoms with E-state index in [9.17, 15) is 0 Å². The van der Waals surface area contributed by atoms with E-state index in [0.717, 1.165) is 0 Å². The lowest BCUT2D eigenvalue weighted by Gasteiger charge is -2.34. The van der Waals surface area contributed by atoms with Crippen LogP contribution in [-0.2, 0) is 32.5 Å². The largest absolute Gasteiger partial charge is 0.378 e. The van der Waals surface area contributed by atoms with E-state index in [1.54, 1.807) is 303 Å². The minimum atomic E-state index is -0.540. The molecule has 4 spiro atoms. The quantitative estimate of drug-likeness (QED) is 0.141. The number of benzene rings is 20. The van der Waals surface area contributed by atoms with Gasteiger partial charge in [-0.2, -0.15) is 0 Å². The Morgan fingerprint density at radius 1 is 0.143 bits per heavy atom. The molecule has 2 unspecified atom stereocenters. The van der Waals surface area contributed by atoms with Gasteiger partial charge in [0.05, 0.1) is 32.5 Å². The molecular weight excluding hydrogens is 1190 g/mol. The van der Waals surface area contributed by atoms with Gasteiger partial charge >= 0.3 is 0 Å². The summed E-state index contributed by atoms with van der Waals surface area (Å²) in [6, 6.07) is 41.7. The van der Waals surface area contributed by atoms with Gasteiger partial charge in [0.2, 0.25) is 0 Å². The Hall–Kier alpha value is -11.2. The maximum absolute atomic E-state index is 2.69. The minimum absolute atomic E-state index is 0.476. The van der Waals surface area contributed by atoms with Gasteiger partial charge in [0.15, 0.2) is 0 Å². The Balaban J connectivity index is 0.946. The molecule has 10 aliphatic carbocycles. The van der Waals surface area contributed by atoms with Gasteiger partial charge in [0.1, 0.15) is 0 Å². The molecule has 2 fully saturated rings. The standard InChI is InChI=1S/C94H40N4/c1-95(2)29-17-9-25(10-18-29)89(26-11-19-30(20-12-26)96(3)4)91-81-67-57-46-37-33-34-36-41-35(33)42-39-44(37)52(57)63-55-48(39)59-50(42)61-54(41)62-51-43(36)40-45-38(34)47(46)58-53(45)64-56-49(40)60(51)72-76-66(56)78(74(64)82(91)68(58)67)88-80-79-85-75(65(55)77(73(63)81)87(79)94(88,89)91)71(59)83-69(61)70(62)84(72)93(86(76)80)90(92(83,85)93,27-13-21-31(22-14-27)97(5)6)28-15-23-32(24-16-28)98(7)8/h9-24H,1-8H3. The molecule has 4 nitrogen and oxygen atoms in total. The summed E-state index contributed by atoms with van der Waals surface area (Å²) in [5.74, 6) is 0. The zero-order chi connectivity index (χ0) is 61.6. The van der Waals surface area contributed by atoms with E-state index < -0.39 is 32.5 Å². The topological polar surface area (TPSA) is 13.0 Å². The van der Waals surface area contributed by atoms with E-state index in [0.29, 0.717) is 0 Å². The van der Waals surface area contributed by atoms with Crippen molar-refractivity contribution < 1.29 is 0 Å². The van der Waals surface area contributed by atoms with Crippen LogP contribution < -0.4 is 19.6 Å². The van der Waals surface area contributed by atoms with Crippen LogP contribution in [0.1, 0.15) is 66.8 Å². The number of nitrogens with zero attached hydrogens (tertiary/aromatic N) is 4. The van der Waals surface area contributed by atoms with Crippen LogP contribution in [0.25, 0.3) is 259 Å². The predicted octanol–water partition coefficient (Wildman–Crippen LogP) is 21.1. The summed E-state index contributed by atoms with van der Waals surface area (Å²) in [7, 11) is 18.0. The number of hydrogen-bond donors (Lipinski definition) is 0. The van der Waals surface area contributed by atoms with Crippen LogP contribution >= 0.6 is 0 Å². The molecule has 98 heavy (non-hydrogen) atoms. The highest BCUT2D eigenvalue weighted by Crippen LogP contribution is 3.03. The fraction of sp³-hybridized carbons (Fsp3) is 0.149. The highest BCUT2D eigenvalue weighted by molar-refractivity contribution is 6.79. The Morgan fingerprint density at radius 2 is 0.265 bits per heavy atom. The van der Waals surface area contributed by atoms with E-state index in [2.05, 4.69) is 173 Å². The summed E-state index contributed by atoms with van der Waals surface area (Å²) in [6.07, 6.45) is 0. The fourth-order valence-electron chi connectivity index (χ4n) is 32.7. The molecule has 0 N–H and O–H groups in total. The molecule has 0 aromatic heterocycles. The molecule has 0 bridgehead atoms. The maximum Gasteiger partial charge on any atom is 0.0528 e. The molecule has 0 aliphatic heterocycles. The maximum atomic E-state index is 2.69. The van der Waals surface area contributed by atoms with Crippen molar-refractivity contribution >= 4 is 271 Å². The van der Waals surface area contributed by atoms with E-state index in [1.165, 1.54) is 45.0 Å². The van der Waals surface area contributed by atoms with Gasteiger partial charge in [0.25, 0.3) is 0 Å². The van der Waals surface area contributed by atoms with Crippen molar-refractivity contribution in [1.82, 2.24) is 0 Å². The highest BCUT2D eigenvalue weighted by Gasteiger charge is 3.00. The average molecular weight is 1230 g/mol. The third-order valence-corrected chi connectivity index (χ3v) is 33.5. The van der Waals surface area contributed by atoms with E-state index >= 15 is 0 Å². The first-order valence-electron chi connectivity index (χ1n) is 36.3. The molecular formula is C94H40N4. The summed E-state index contributed by atoms with van der Waals surface area (Å²) in [4.78, 5) is 9.36. The summed E-state index contributed by atoms with van der Waals surface area (Å²) < 4.78 is 0. The SMILES string of the molecule is CN(C)c1ccc(C2(c3ccc(N(C)C)cc3)C34c5c6c7c8c9c%10c%11c%12c%13c%14c%15c(c-6c6c%16c%17c(c%18c%19c3c3c5c8c5c9c8c%11c9c%11c%12c%12c%14c(c%15%16)c%14c%17c%15c%18c%16c%19c%17c3c5c3c8c9c5c(c%173)c%16c3c%15c%14c%12c%11c35)C624)C72C(c3ccc(N(C)C)cc3)(c3ccc(N(C)C)cc3)C%10%132)cc1. The van der Waals surface area contributed by atoms with Gasteiger partial charge in [-0.05, 0) is 374 Å². The molecule has 2 saturated carbocycles. The Bertz CT molecular complexity index is 8540. The van der Waals surface area contributed by atoms with Crippen LogP contribution in [0.2, 0.25) is 0 Å². The van der Waals surface area contributed by atoms with Crippen molar-refractivity contribution in [3.8, 4) is 11.1 Å². The number of hydrogen-bond acceptors (Lipinski definition) is 4. The van der Waals surface area contributed by atoms with Crippen molar-refractivity contribution in [2.75, 3.05) is 76.0 Å². The summed E-state index contributed by atoms with van der Waals surface area (Å²) in [6.45, 7) is 0. The van der Waals surface area contributed by atoms with Gasteiger partial charge in [-0.15, -0.1) is 0 Å². The second-order valence-corrected chi connectivity index (χ2v) is 35.3. The second kappa shape index (κ2) is 10.3. The van der Waals surface area contributed by atoms with E-state index in [4.69, 9.17) is 0 Å². The third-order valence-electron chi connectivity index (χ3n) is 33.5. The Kier molecular flexibility index (Phi) is 4.45. The van der Waals surface area contributed by atoms with Crippen molar-refractivity contribution in [3.63, 3.8) is 0 Å². The summed E-state index contributed by atoms with van der Waals surface area (Å²) in [5, 5.41) is 75.9. The van der Waals surface area contributed by atoms with Crippen LogP contribution in [0.5, 0.6) is 0 Å². The first-order valence-corrected chi connectivity index (χ1v) is 36.3. The zero-order valence-corrected chi connectivity index (χ0v) is 54.0. The molecule has 38 rings (SSSR count). The van der Waals surface area contributed by atoms with Crippen LogP contribution in [0.3, 0.4) is 0 Å². The monoisotopic (exact) mass is 1220 g/mol. The molecule has 0 amide bonds. The molecule has 10 aliphatic rings. The lowest BCUT2D eigenvalue weighted by atomic mass is 9.66. The van der Waals surface area contributed by atoms with Crippen molar-refractivity contribution in [3.05, 3.63) is 164 Å². The normalized spacial score (nSPS) is 23.8. The molecule has 0 radical (unpaired) electrons. The van der Waals surface area contributed by atoms with Crippen LogP contribution in [-0.4, -0.2) is 56.4 Å². The molecule has 0 saturated heterocycles. The Morgan fingerprint density at radius 3 is 0.429 bits per heavy atom. The van der Waals surface area contributed by atoms with Crippen molar-refractivity contribution in [2.45, 2.75) is 32.5 Å². The third kappa shape index (κ3) is 2.51. The lowest BCUT2D eigenvalue weighted by Crippen LogP contribution is -2.28. The molecule has 28 aromatic carbocycles. The minimum Gasteiger partial charge on any atom is -0.378 e. The lowest BCUT2D eigenvalue weighted by molar-refractivity contribution is 0.700. The second-order valence-electron chi connectivity index (χ2n) is 35.3. The molecule has 2 atom stereocenters. The average Bonchev–Trinajstić information content (AvgIpc) is 1.34. The zero-order valence-electron chi connectivity index (χ0n) is 54.0. The fourth-order valence-corrected chi connectivity index (χ4v) is 32.7. The predicted molar refractivity (Wildman–Crippen MR) is 411 cm³/mol. The van der Waals surface area contributed by atoms with Crippen molar-refractivity contribution in [1.29, 1.82) is 0 Å². The van der Waals surface area contributed by atoms with Crippen molar-refractivity contribution in [2.24, 2.45) is 0 Å². The van der Waals surface area contributed by atoms with Gasteiger partial charge in [-0.1, -0.05) is 48.5 Å². The van der Waals surface area contributed by atoms with E-state index in [-0.39, 0.29) is 0 Å².